The van der Waals surface area contributed by atoms with Gasteiger partial charge < -0.3 is 4.43 Å². The molecule has 1 unspecified atom stereocenters. The van der Waals surface area contributed by atoms with Gasteiger partial charge in [-0.2, -0.15) is 0 Å². The molecule has 40 heavy (non-hydrogen) atoms. The minimum Gasteiger partial charge on any atom is -0.412 e. The van der Waals surface area contributed by atoms with Crippen molar-refractivity contribution in [1.82, 2.24) is 10.0 Å². The van der Waals surface area contributed by atoms with Crippen LogP contribution in [0.1, 0.15) is 105 Å². The quantitative estimate of drug-likeness (QED) is 0.216. The molecule has 0 radical (unpaired) electrons. The molecule has 0 bridgehead atoms. The van der Waals surface area contributed by atoms with Gasteiger partial charge in [-0.1, -0.05) is 67.0 Å². The number of Topliss-reactive ketones (excluding diaryl/α,β-unsaturated/α-hetero) is 1. The summed E-state index contributed by atoms with van der Waals surface area (Å²) in [7, 11) is -2.34. The molecule has 8 heteroatoms. The monoisotopic (exact) mass is 590 g/mol. The Morgan fingerprint density at radius 3 is 2.45 bits per heavy atom. The van der Waals surface area contributed by atoms with Gasteiger partial charge in [0.15, 0.2) is 8.32 Å². The Kier molecular flexibility index (Phi) is 12.1. The number of hydroxylamine groups is 2. The van der Waals surface area contributed by atoms with Crippen LogP contribution in [-0.4, -0.2) is 47.4 Å². The normalized spacial score (nSPS) is 27.6. The number of carbonyl (C=O) groups excluding carboxylic acids is 2. The zero-order chi connectivity index (χ0) is 30.5. The van der Waals surface area contributed by atoms with Crippen molar-refractivity contribution in [2.24, 2.45) is 17.3 Å². The molecule has 1 aromatic rings. The zero-order valence-electron chi connectivity index (χ0n) is 26.8. The van der Waals surface area contributed by atoms with E-state index < -0.39 is 31.8 Å². The van der Waals surface area contributed by atoms with Gasteiger partial charge in [-0.3, -0.25) is 14.8 Å². The zero-order valence-corrected chi connectivity index (χ0v) is 28.7. The minimum absolute atomic E-state index is 0.0622. The summed E-state index contributed by atoms with van der Waals surface area (Å²) >= 11 is 1.57. The third-order valence-corrected chi connectivity index (χ3v) is 14.2. The van der Waals surface area contributed by atoms with E-state index in [9.17, 15) is 14.8 Å². The second-order valence-corrected chi connectivity index (χ2v) is 19.8. The maximum atomic E-state index is 13.9. The molecule has 2 rings (SSSR count). The third kappa shape index (κ3) is 9.20. The molecule has 0 aliphatic carbocycles. The molecule has 4 atom stereocenters. The number of amides is 1. The van der Waals surface area contributed by atoms with Crippen LogP contribution in [0.3, 0.4) is 0 Å². The maximum absolute atomic E-state index is 13.9. The predicted octanol–water partition coefficient (Wildman–Crippen LogP) is 8.61. The summed E-state index contributed by atoms with van der Waals surface area (Å²) in [6.45, 7) is 22.7. The van der Waals surface area contributed by atoms with Gasteiger partial charge in [0, 0.05) is 16.7 Å². The SMILES string of the molecule is C/C(=C\c1csc(C)n1)C1C/C=C/CCC[C@H](C)C[C@@H](C)C(=O)C(C)(C)[C@@H](O[Si](C)(C)C(C)(C)C)CC(=O)N1O. The van der Waals surface area contributed by atoms with Gasteiger partial charge >= 0.3 is 0 Å². The second-order valence-electron chi connectivity index (χ2n) is 14.0. The van der Waals surface area contributed by atoms with E-state index in [0.717, 1.165) is 47.0 Å². The van der Waals surface area contributed by atoms with Crippen molar-refractivity contribution in [3.8, 4) is 0 Å². The highest BCUT2D eigenvalue weighted by Gasteiger charge is 2.47. The number of ketones is 1. The van der Waals surface area contributed by atoms with Crippen molar-refractivity contribution in [2.45, 2.75) is 131 Å². The minimum atomic E-state index is -2.34. The molecule has 0 aromatic carbocycles. The van der Waals surface area contributed by atoms with Gasteiger partial charge in [0.05, 0.1) is 29.3 Å². The first-order chi connectivity index (χ1) is 18.4. The Labute approximate surface area is 248 Å². The lowest BCUT2D eigenvalue weighted by atomic mass is 9.74. The topological polar surface area (TPSA) is 79.7 Å². The number of nitrogens with zero attached hydrogens (tertiary/aromatic N) is 2. The van der Waals surface area contributed by atoms with E-state index in [-0.39, 0.29) is 23.2 Å². The van der Waals surface area contributed by atoms with Crippen LogP contribution in [0, 0.1) is 24.2 Å². The Morgan fingerprint density at radius 2 is 1.88 bits per heavy atom. The van der Waals surface area contributed by atoms with Crippen LogP contribution in [0.15, 0.2) is 23.1 Å². The van der Waals surface area contributed by atoms with Gasteiger partial charge in [-0.15, -0.1) is 11.3 Å². The molecule has 6 nitrogen and oxygen atoms in total. The first-order valence-electron chi connectivity index (χ1n) is 14.8. The molecule has 0 fully saturated rings. The Balaban J connectivity index is 2.52. The molecule has 0 saturated carbocycles. The maximum Gasteiger partial charge on any atom is 0.249 e. The van der Waals surface area contributed by atoms with Crippen LogP contribution in [0.25, 0.3) is 6.08 Å². The van der Waals surface area contributed by atoms with E-state index in [2.05, 4.69) is 57.9 Å². The van der Waals surface area contributed by atoms with Crippen molar-refractivity contribution in [3.05, 3.63) is 33.8 Å². The van der Waals surface area contributed by atoms with E-state index in [4.69, 9.17) is 4.43 Å². The summed E-state index contributed by atoms with van der Waals surface area (Å²) in [6.07, 6.45) is 9.80. The number of rotatable bonds is 4. The summed E-state index contributed by atoms with van der Waals surface area (Å²) in [5, 5.41) is 15.1. The molecular formula is C32H54N2O4SSi. The first kappa shape index (κ1) is 34.6. The van der Waals surface area contributed by atoms with E-state index in [1.165, 1.54) is 0 Å². The Bertz CT molecular complexity index is 1070. The van der Waals surface area contributed by atoms with Crippen LogP contribution in [0.4, 0.5) is 0 Å². The highest BCUT2D eigenvalue weighted by molar-refractivity contribution is 7.09. The molecule has 1 aliphatic heterocycles. The molecule has 1 N–H and O–H groups in total. The number of thiazole rings is 1. The molecule has 1 amide bonds. The largest absolute Gasteiger partial charge is 0.412 e. The molecule has 0 saturated heterocycles. The first-order valence-corrected chi connectivity index (χ1v) is 18.6. The second kappa shape index (κ2) is 14.0. The number of carbonyl (C=O) groups is 2. The average molecular weight is 591 g/mol. The molecular weight excluding hydrogens is 537 g/mol. The summed E-state index contributed by atoms with van der Waals surface area (Å²) < 4.78 is 6.84. The molecule has 226 valence electrons. The fraction of sp³-hybridized carbons (Fsp3) is 0.719. The summed E-state index contributed by atoms with van der Waals surface area (Å²) in [4.78, 5) is 32.3. The van der Waals surface area contributed by atoms with Crippen molar-refractivity contribution in [3.63, 3.8) is 0 Å². The Hall–Kier alpha value is -1.61. The number of hydrogen-bond donors (Lipinski definition) is 1. The summed E-state index contributed by atoms with van der Waals surface area (Å²) in [5.74, 6) is -0.0131. The molecule has 1 aliphatic rings. The average Bonchev–Trinajstić information content (AvgIpc) is 3.24. The lowest BCUT2D eigenvalue weighted by Gasteiger charge is -2.44. The molecule has 0 spiro atoms. The van der Waals surface area contributed by atoms with Gasteiger partial charge in [-0.05, 0) is 75.2 Å². The van der Waals surface area contributed by atoms with Gasteiger partial charge in [0.2, 0.25) is 5.91 Å². The van der Waals surface area contributed by atoms with E-state index in [1.54, 1.807) is 11.3 Å². The van der Waals surface area contributed by atoms with Crippen molar-refractivity contribution in [2.75, 3.05) is 0 Å². The van der Waals surface area contributed by atoms with Crippen LogP contribution < -0.4 is 0 Å². The number of aromatic nitrogens is 1. The fourth-order valence-electron chi connectivity index (χ4n) is 5.21. The summed E-state index contributed by atoms with van der Waals surface area (Å²) in [6, 6.07) is -0.538. The van der Waals surface area contributed by atoms with E-state index >= 15 is 0 Å². The summed E-state index contributed by atoms with van der Waals surface area (Å²) in [5.41, 5.74) is 0.790. The van der Waals surface area contributed by atoms with Crippen LogP contribution in [-0.2, 0) is 14.0 Å². The lowest BCUT2D eigenvalue weighted by molar-refractivity contribution is -0.176. The predicted molar refractivity (Wildman–Crippen MR) is 169 cm³/mol. The van der Waals surface area contributed by atoms with E-state index in [0.29, 0.717) is 12.3 Å². The highest BCUT2D eigenvalue weighted by Crippen LogP contribution is 2.42. The molecule has 1 aromatic heterocycles. The van der Waals surface area contributed by atoms with Crippen molar-refractivity contribution in [1.29, 1.82) is 0 Å². The smallest absolute Gasteiger partial charge is 0.249 e. The number of allylic oxidation sites excluding steroid dienone is 1. The van der Waals surface area contributed by atoms with Gasteiger partial charge in [-0.25, -0.2) is 10.0 Å². The van der Waals surface area contributed by atoms with Gasteiger partial charge in [0.1, 0.15) is 5.78 Å². The van der Waals surface area contributed by atoms with Crippen LogP contribution in [0.5, 0.6) is 0 Å². The Morgan fingerprint density at radius 1 is 1.23 bits per heavy atom. The number of aryl methyl sites for hydroxylation is 1. The molecule has 2 heterocycles. The van der Waals surface area contributed by atoms with E-state index in [1.807, 2.05) is 46.1 Å². The van der Waals surface area contributed by atoms with Crippen LogP contribution in [0.2, 0.25) is 18.1 Å². The number of hydrogen-bond acceptors (Lipinski definition) is 6. The standard InChI is InChI=1S/C32H54N2O4SSi/c1-22-16-14-12-13-15-17-27(23(2)19-26-21-39-25(4)33-26)34(37)29(35)20-28(38-40(10,11)31(5,6)7)32(8,9)30(36)24(3)18-22/h13,15,19,21-22,24,27-28,37H,12,14,16-18,20H2,1-11H3/b15-13+,23-19+/t22-,24+,27?,28-/m0/s1. The van der Waals surface area contributed by atoms with Crippen LogP contribution >= 0.6 is 11.3 Å². The lowest BCUT2D eigenvalue weighted by Crippen LogP contribution is -2.53. The highest BCUT2D eigenvalue weighted by atomic mass is 32.1. The van der Waals surface area contributed by atoms with Gasteiger partial charge in [0.25, 0.3) is 0 Å². The fourth-order valence-corrected chi connectivity index (χ4v) is 7.22. The third-order valence-electron chi connectivity index (χ3n) is 8.93. The van der Waals surface area contributed by atoms with Crippen molar-refractivity contribution >= 4 is 37.4 Å². The van der Waals surface area contributed by atoms with Crippen molar-refractivity contribution < 1.29 is 19.2 Å².